The molecule has 5 nitrogen and oxygen atoms in total. The zero-order valence-electron chi connectivity index (χ0n) is 12.7. The van der Waals surface area contributed by atoms with Crippen molar-refractivity contribution in [3.8, 4) is 0 Å². The second kappa shape index (κ2) is 6.15. The first kappa shape index (κ1) is 16.0. The third-order valence-electron chi connectivity index (χ3n) is 3.82. The maximum absolute atomic E-state index is 12.7. The van der Waals surface area contributed by atoms with E-state index in [1.807, 2.05) is 26.0 Å². The van der Waals surface area contributed by atoms with Crippen LogP contribution in [0.5, 0.6) is 0 Å². The summed E-state index contributed by atoms with van der Waals surface area (Å²) in [5, 5.41) is 2.85. The normalized spacial score (nSPS) is 17.7. The zero-order chi connectivity index (χ0) is 15.6. The van der Waals surface area contributed by atoms with Crippen molar-refractivity contribution in [1.82, 2.24) is 9.62 Å². The van der Waals surface area contributed by atoms with E-state index in [0.29, 0.717) is 30.8 Å². The highest BCUT2D eigenvalue weighted by molar-refractivity contribution is 7.89. The van der Waals surface area contributed by atoms with Crippen molar-refractivity contribution in [3.05, 3.63) is 29.3 Å². The molecule has 6 heteroatoms. The molecule has 1 aromatic rings. The molecule has 0 aliphatic carbocycles. The van der Waals surface area contributed by atoms with Gasteiger partial charge >= 0.3 is 0 Å². The van der Waals surface area contributed by atoms with Gasteiger partial charge in [0.2, 0.25) is 15.9 Å². The Hall–Kier alpha value is -1.40. The molecular formula is C15H22N2O3S. The van der Waals surface area contributed by atoms with E-state index in [-0.39, 0.29) is 11.9 Å². The lowest BCUT2D eigenvalue weighted by atomic mass is 10.1. The van der Waals surface area contributed by atoms with Crippen LogP contribution in [-0.2, 0) is 14.8 Å². The van der Waals surface area contributed by atoms with E-state index >= 15 is 0 Å². The third-order valence-corrected chi connectivity index (χ3v) is 5.86. The van der Waals surface area contributed by atoms with Crippen molar-refractivity contribution in [2.75, 3.05) is 13.1 Å². The molecule has 2 rings (SSSR count). The molecule has 0 bridgehead atoms. The largest absolute Gasteiger partial charge is 0.354 e. The van der Waals surface area contributed by atoms with Gasteiger partial charge in [0.1, 0.15) is 0 Å². The highest BCUT2D eigenvalue weighted by atomic mass is 32.2. The molecule has 116 valence electrons. The number of hydrogen-bond acceptors (Lipinski definition) is 3. The topological polar surface area (TPSA) is 66.5 Å². The Labute approximate surface area is 126 Å². The molecular weight excluding hydrogens is 288 g/mol. The number of nitrogens with zero attached hydrogens (tertiary/aromatic N) is 1. The molecule has 0 atom stereocenters. The van der Waals surface area contributed by atoms with E-state index in [9.17, 15) is 13.2 Å². The molecule has 1 aliphatic heterocycles. The standard InChI is InChI=1S/C15H22N2O3S/c1-11-4-5-12(2)15(10-11)21(19,20)17-8-6-14(7-9-17)16-13(3)18/h4-5,10,14H,6-9H2,1-3H3,(H,16,18). The highest BCUT2D eigenvalue weighted by Crippen LogP contribution is 2.24. The quantitative estimate of drug-likeness (QED) is 0.922. The summed E-state index contributed by atoms with van der Waals surface area (Å²) < 4.78 is 27.0. The second-order valence-corrected chi connectivity index (χ2v) is 7.55. The van der Waals surface area contributed by atoms with E-state index < -0.39 is 10.0 Å². The van der Waals surface area contributed by atoms with E-state index in [1.165, 1.54) is 11.2 Å². The molecule has 1 aromatic carbocycles. The summed E-state index contributed by atoms with van der Waals surface area (Å²) in [6.45, 7) is 6.08. The first-order chi connectivity index (χ1) is 9.80. The smallest absolute Gasteiger partial charge is 0.243 e. The van der Waals surface area contributed by atoms with Gasteiger partial charge in [-0.05, 0) is 43.9 Å². The molecule has 1 fully saturated rings. The van der Waals surface area contributed by atoms with Gasteiger partial charge in [-0.15, -0.1) is 0 Å². The molecule has 1 saturated heterocycles. The van der Waals surface area contributed by atoms with Gasteiger partial charge in [0.05, 0.1) is 4.90 Å². The van der Waals surface area contributed by atoms with Crippen LogP contribution >= 0.6 is 0 Å². The van der Waals surface area contributed by atoms with Gasteiger partial charge in [-0.2, -0.15) is 4.31 Å². The van der Waals surface area contributed by atoms with Crippen molar-refractivity contribution in [2.24, 2.45) is 0 Å². The van der Waals surface area contributed by atoms with Crippen LogP contribution in [0.4, 0.5) is 0 Å². The fraction of sp³-hybridized carbons (Fsp3) is 0.533. The van der Waals surface area contributed by atoms with E-state index in [1.54, 1.807) is 6.07 Å². The number of carbonyl (C=O) groups is 1. The molecule has 0 aromatic heterocycles. The Morgan fingerprint density at radius 2 is 1.86 bits per heavy atom. The Bertz CT molecular complexity index is 632. The monoisotopic (exact) mass is 310 g/mol. The van der Waals surface area contributed by atoms with Crippen molar-refractivity contribution in [2.45, 2.75) is 44.6 Å². The van der Waals surface area contributed by atoms with Crippen LogP contribution in [0, 0.1) is 13.8 Å². The highest BCUT2D eigenvalue weighted by Gasteiger charge is 2.30. The van der Waals surface area contributed by atoms with Crippen molar-refractivity contribution in [1.29, 1.82) is 0 Å². The molecule has 0 saturated carbocycles. The van der Waals surface area contributed by atoms with Crippen LogP contribution in [-0.4, -0.2) is 37.8 Å². The molecule has 0 spiro atoms. The third kappa shape index (κ3) is 3.63. The summed E-state index contributed by atoms with van der Waals surface area (Å²) >= 11 is 0. The van der Waals surface area contributed by atoms with Crippen molar-refractivity contribution < 1.29 is 13.2 Å². The first-order valence-corrected chi connectivity index (χ1v) is 8.59. The van der Waals surface area contributed by atoms with Crippen LogP contribution in [0.3, 0.4) is 0 Å². The molecule has 1 amide bonds. The number of nitrogens with one attached hydrogen (secondary N) is 1. The zero-order valence-corrected chi connectivity index (χ0v) is 13.5. The van der Waals surface area contributed by atoms with Gasteiger partial charge in [0, 0.05) is 26.1 Å². The van der Waals surface area contributed by atoms with Crippen LogP contribution in [0.25, 0.3) is 0 Å². The number of aryl methyl sites for hydroxylation is 2. The number of carbonyl (C=O) groups excluding carboxylic acids is 1. The van der Waals surface area contributed by atoms with Gasteiger partial charge in [-0.1, -0.05) is 12.1 Å². The summed E-state index contributed by atoms with van der Waals surface area (Å²) in [6.07, 6.45) is 1.31. The van der Waals surface area contributed by atoms with Crippen LogP contribution in [0.1, 0.15) is 30.9 Å². The Morgan fingerprint density at radius 3 is 2.43 bits per heavy atom. The summed E-state index contributed by atoms with van der Waals surface area (Å²) in [5.41, 5.74) is 1.71. The second-order valence-electron chi connectivity index (χ2n) is 5.65. The molecule has 0 unspecified atom stereocenters. The van der Waals surface area contributed by atoms with Gasteiger partial charge in [0.25, 0.3) is 0 Å². The molecule has 1 heterocycles. The fourth-order valence-electron chi connectivity index (χ4n) is 2.65. The van der Waals surface area contributed by atoms with Crippen molar-refractivity contribution >= 4 is 15.9 Å². The lowest BCUT2D eigenvalue weighted by molar-refractivity contribution is -0.119. The maximum atomic E-state index is 12.7. The number of sulfonamides is 1. The molecule has 1 aliphatic rings. The van der Waals surface area contributed by atoms with Gasteiger partial charge in [-0.3, -0.25) is 4.79 Å². The van der Waals surface area contributed by atoms with Crippen LogP contribution in [0.15, 0.2) is 23.1 Å². The number of amides is 1. The minimum absolute atomic E-state index is 0.0640. The van der Waals surface area contributed by atoms with E-state index in [2.05, 4.69) is 5.32 Å². The van der Waals surface area contributed by atoms with Crippen LogP contribution in [0.2, 0.25) is 0 Å². The summed E-state index contributed by atoms with van der Waals surface area (Å²) in [6, 6.07) is 5.56. The molecule has 1 N–H and O–H groups in total. The van der Waals surface area contributed by atoms with Gasteiger partial charge < -0.3 is 5.32 Å². The van der Waals surface area contributed by atoms with E-state index in [4.69, 9.17) is 0 Å². The number of rotatable bonds is 3. The molecule has 0 radical (unpaired) electrons. The summed E-state index contributed by atoms with van der Waals surface area (Å²) in [5.74, 6) is -0.0640. The SMILES string of the molecule is CC(=O)NC1CCN(S(=O)(=O)c2cc(C)ccc2C)CC1. The maximum Gasteiger partial charge on any atom is 0.243 e. The van der Waals surface area contributed by atoms with Crippen molar-refractivity contribution in [3.63, 3.8) is 0 Å². The average Bonchev–Trinajstić information content (AvgIpc) is 2.41. The predicted molar refractivity (Wildman–Crippen MR) is 81.5 cm³/mol. The lowest BCUT2D eigenvalue weighted by Gasteiger charge is -2.31. The minimum Gasteiger partial charge on any atom is -0.354 e. The molecule has 21 heavy (non-hydrogen) atoms. The number of hydrogen-bond donors (Lipinski definition) is 1. The Morgan fingerprint density at radius 1 is 1.24 bits per heavy atom. The van der Waals surface area contributed by atoms with Gasteiger partial charge in [0.15, 0.2) is 0 Å². The fourth-order valence-corrected chi connectivity index (χ4v) is 4.43. The average molecular weight is 310 g/mol. The Balaban J connectivity index is 2.15. The first-order valence-electron chi connectivity index (χ1n) is 7.15. The number of benzene rings is 1. The van der Waals surface area contributed by atoms with E-state index in [0.717, 1.165) is 11.1 Å². The van der Waals surface area contributed by atoms with Gasteiger partial charge in [-0.25, -0.2) is 8.42 Å². The number of piperidine rings is 1. The van der Waals surface area contributed by atoms with Crippen LogP contribution < -0.4 is 5.32 Å². The Kier molecular flexibility index (Phi) is 4.68. The minimum atomic E-state index is -3.45. The summed E-state index contributed by atoms with van der Waals surface area (Å²) in [7, 11) is -3.45. The predicted octanol–water partition coefficient (Wildman–Crippen LogP) is 1.59. The lowest BCUT2D eigenvalue weighted by Crippen LogP contribution is -2.46. The summed E-state index contributed by atoms with van der Waals surface area (Å²) in [4.78, 5) is 11.4.